The number of esters is 1. The molecule has 0 bridgehead atoms. The third kappa shape index (κ3) is 6.50. The Bertz CT molecular complexity index is 635. The van der Waals surface area contributed by atoms with E-state index in [-0.39, 0.29) is 41.8 Å². The lowest BCUT2D eigenvalue weighted by molar-refractivity contribution is -0.259. The SMILES string of the molecule is CC1(C)CC(CCC(=O)CCC(=O)OC2CC(C)(C)N(O)C(C)(C)C2)CC(C)(C)N1O. The molecule has 180 valence electrons. The molecule has 2 rings (SSSR count). The maximum Gasteiger partial charge on any atom is 0.306 e. The van der Waals surface area contributed by atoms with Gasteiger partial charge in [-0.15, -0.1) is 0 Å². The summed E-state index contributed by atoms with van der Waals surface area (Å²) >= 11 is 0. The number of nitrogens with zero attached hydrogens (tertiary/aromatic N) is 2. The molecule has 2 aliphatic heterocycles. The van der Waals surface area contributed by atoms with E-state index < -0.39 is 11.1 Å². The Labute approximate surface area is 188 Å². The lowest BCUT2D eigenvalue weighted by atomic mass is 9.73. The molecule has 0 unspecified atom stereocenters. The minimum atomic E-state index is -0.478. The van der Waals surface area contributed by atoms with Gasteiger partial charge in [-0.25, -0.2) is 0 Å². The molecule has 0 aromatic rings. The highest BCUT2D eigenvalue weighted by Gasteiger charge is 2.46. The van der Waals surface area contributed by atoms with Crippen LogP contribution in [-0.4, -0.2) is 60.6 Å². The van der Waals surface area contributed by atoms with Gasteiger partial charge in [0.2, 0.25) is 0 Å². The van der Waals surface area contributed by atoms with Crippen LogP contribution in [0.4, 0.5) is 0 Å². The maximum absolute atomic E-state index is 12.4. The van der Waals surface area contributed by atoms with Crippen molar-refractivity contribution >= 4 is 11.8 Å². The molecular formula is C24H44N2O5. The van der Waals surface area contributed by atoms with Crippen molar-refractivity contribution in [2.45, 2.75) is 135 Å². The first-order chi connectivity index (χ1) is 14.0. The Balaban J connectivity index is 1.77. The van der Waals surface area contributed by atoms with E-state index in [0.717, 1.165) is 19.3 Å². The van der Waals surface area contributed by atoms with Gasteiger partial charge < -0.3 is 15.2 Å². The maximum atomic E-state index is 12.4. The molecule has 0 atom stereocenters. The van der Waals surface area contributed by atoms with Crippen molar-refractivity contribution < 1.29 is 24.7 Å². The van der Waals surface area contributed by atoms with Gasteiger partial charge in [-0.05, 0) is 80.6 Å². The van der Waals surface area contributed by atoms with Crippen LogP contribution in [0.15, 0.2) is 0 Å². The molecule has 2 aliphatic rings. The first kappa shape index (κ1) is 26.2. The van der Waals surface area contributed by atoms with Crippen LogP contribution in [0.3, 0.4) is 0 Å². The summed E-state index contributed by atoms with van der Waals surface area (Å²) in [6, 6.07) is 0. The Morgan fingerprint density at radius 3 is 1.61 bits per heavy atom. The van der Waals surface area contributed by atoms with Crippen molar-refractivity contribution in [3.63, 3.8) is 0 Å². The molecule has 31 heavy (non-hydrogen) atoms. The van der Waals surface area contributed by atoms with E-state index in [0.29, 0.717) is 25.2 Å². The summed E-state index contributed by atoms with van der Waals surface area (Å²) in [7, 11) is 0. The zero-order valence-corrected chi connectivity index (χ0v) is 20.8. The zero-order chi connectivity index (χ0) is 23.8. The molecule has 0 spiro atoms. The Morgan fingerprint density at radius 1 is 0.742 bits per heavy atom. The molecule has 0 aromatic heterocycles. The van der Waals surface area contributed by atoms with E-state index in [9.17, 15) is 20.0 Å². The fraction of sp³-hybridized carbons (Fsp3) is 0.917. The van der Waals surface area contributed by atoms with E-state index in [2.05, 4.69) is 0 Å². The predicted octanol–water partition coefficient (Wildman–Crippen LogP) is 4.73. The second-order valence-corrected chi connectivity index (χ2v) is 12.2. The van der Waals surface area contributed by atoms with E-state index >= 15 is 0 Å². The Hall–Kier alpha value is -1.02. The molecule has 2 heterocycles. The van der Waals surface area contributed by atoms with Gasteiger partial charge in [-0.2, -0.15) is 10.1 Å². The number of hydroxylamine groups is 4. The van der Waals surface area contributed by atoms with Crippen LogP contribution in [0.1, 0.15) is 107 Å². The highest BCUT2D eigenvalue weighted by atomic mass is 16.5. The number of piperidine rings is 2. The minimum Gasteiger partial charge on any atom is -0.462 e. The van der Waals surface area contributed by atoms with E-state index in [4.69, 9.17) is 4.74 Å². The highest BCUT2D eigenvalue weighted by Crippen LogP contribution is 2.42. The fourth-order valence-corrected chi connectivity index (χ4v) is 5.92. The van der Waals surface area contributed by atoms with Crippen LogP contribution in [0.25, 0.3) is 0 Å². The first-order valence-corrected chi connectivity index (χ1v) is 11.7. The molecule has 0 aliphatic carbocycles. The van der Waals surface area contributed by atoms with E-state index in [1.165, 1.54) is 10.1 Å². The largest absolute Gasteiger partial charge is 0.462 e. The van der Waals surface area contributed by atoms with Gasteiger partial charge in [-0.1, -0.05) is 0 Å². The van der Waals surface area contributed by atoms with Crippen molar-refractivity contribution in [2.24, 2.45) is 5.92 Å². The summed E-state index contributed by atoms with van der Waals surface area (Å²) in [4.78, 5) is 24.8. The van der Waals surface area contributed by atoms with E-state index in [1.54, 1.807) is 0 Å². The number of rotatable bonds is 7. The smallest absolute Gasteiger partial charge is 0.306 e. The summed E-state index contributed by atoms with van der Waals surface area (Å²) in [6.07, 6.45) is 4.09. The second-order valence-electron chi connectivity index (χ2n) is 12.2. The number of Topliss-reactive ketones (excluding diaryl/α,β-unsaturated/α-hetero) is 1. The van der Waals surface area contributed by atoms with Crippen LogP contribution >= 0.6 is 0 Å². The lowest BCUT2D eigenvalue weighted by Crippen LogP contribution is -2.60. The number of carbonyl (C=O) groups is 2. The lowest BCUT2D eigenvalue weighted by Gasteiger charge is -2.51. The standard InChI is InChI=1S/C24H44N2O5/c1-21(2)13-17(14-22(3,4)25(21)29)9-10-18(27)11-12-20(28)31-19-15-23(5,6)26(30)24(7,8)16-19/h17,19,29-30H,9-16H2,1-8H3. The third-order valence-electron chi connectivity index (χ3n) is 7.06. The highest BCUT2D eigenvalue weighted by molar-refractivity contribution is 5.82. The number of ether oxygens (including phenoxy) is 1. The predicted molar refractivity (Wildman–Crippen MR) is 119 cm³/mol. The number of carbonyl (C=O) groups excluding carboxylic acids is 2. The number of hydrogen-bond donors (Lipinski definition) is 2. The quantitative estimate of drug-likeness (QED) is 0.553. The van der Waals surface area contributed by atoms with Crippen LogP contribution < -0.4 is 0 Å². The van der Waals surface area contributed by atoms with Crippen LogP contribution in [0.2, 0.25) is 0 Å². The Kier molecular flexibility index (Phi) is 7.69. The van der Waals surface area contributed by atoms with Gasteiger partial charge in [0.15, 0.2) is 0 Å². The van der Waals surface area contributed by atoms with Crippen molar-refractivity contribution in [1.82, 2.24) is 10.1 Å². The summed E-state index contributed by atoms with van der Waals surface area (Å²) in [5.41, 5.74) is -1.58. The molecular weight excluding hydrogens is 396 g/mol. The topological polar surface area (TPSA) is 90.3 Å². The van der Waals surface area contributed by atoms with Gasteiger partial charge in [-0.3, -0.25) is 9.59 Å². The molecule has 7 heteroatoms. The van der Waals surface area contributed by atoms with Gasteiger partial charge in [0.05, 0.1) is 6.42 Å². The molecule has 0 amide bonds. The average Bonchev–Trinajstić information content (AvgIpc) is 2.59. The minimum absolute atomic E-state index is 0.0878. The summed E-state index contributed by atoms with van der Waals surface area (Å²) < 4.78 is 5.66. The molecule has 2 N–H and O–H groups in total. The average molecular weight is 441 g/mol. The van der Waals surface area contributed by atoms with Crippen LogP contribution in [0, 0.1) is 5.92 Å². The molecule has 0 aromatic carbocycles. The number of ketones is 1. The molecule has 7 nitrogen and oxygen atoms in total. The molecule has 0 saturated carbocycles. The normalized spacial score (nSPS) is 26.5. The van der Waals surface area contributed by atoms with Crippen molar-refractivity contribution in [2.75, 3.05) is 0 Å². The summed E-state index contributed by atoms with van der Waals surface area (Å²) in [5, 5.41) is 23.6. The Morgan fingerprint density at radius 2 is 1.16 bits per heavy atom. The first-order valence-electron chi connectivity index (χ1n) is 11.7. The van der Waals surface area contributed by atoms with Crippen LogP contribution in [-0.2, 0) is 14.3 Å². The monoisotopic (exact) mass is 440 g/mol. The summed E-state index contributed by atoms with van der Waals surface area (Å²) in [5.74, 6) is 0.120. The van der Waals surface area contributed by atoms with Gasteiger partial charge >= 0.3 is 5.97 Å². The fourth-order valence-electron chi connectivity index (χ4n) is 5.92. The van der Waals surface area contributed by atoms with Gasteiger partial charge in [0, 0.05) is 47.8 Å². The molecule has 2 fully saturated rings. The van der Waals surface area contributed by atoms with Crippen molar-refractivity contribution in [1.29, 1.82) is 0 Å². The molecule has 2 saturated heterocycles. The zero-order valence-electron chi connectivity index (χ0n) is 20.8. The van der Waals surface area contributed by atoms with Crippen LogP contribution in [0.5, 0.6) is 0 Å². The van der Waals surface area contributed by atoms with Gasteiger partial charge in [0.1, 0.15) is 11.9 Å². The number of hydrogen-bond acceptors (Lipinski definition) is 7. The van der Waals surface area contributed by atoms with E-state index in [1.807, 2.05) is 55.4 Å². The second kappa shape index (κ2) is 9.08. The third-order valence-corrected chi connectivity index (χ3v) is 7.06. The van der Waals surface area contributed by atoms with Crippen molar-refractivity contribution in [3.05, 3.63) is 0 Å². The van der Waals surface area contributed by atoms with Gasteiger partial charge in [0.25, 0.3) is 0 Å². The summed E-state index contributed by atoms with van der Waals surface area (Å²) in [6.45, 7) is 15.9. The van der Waals surface area contributed by atoms with Crippen molar-refractivity contribution in [3.8, 4) is 0 Å². The molecule has 0 radical (unpaired) electrons.